The minimum absolute atomic E-state index is 0.235. The van der Waals surface area contributed by atoms with Crippen molar-refractivity contribution in [1.82, 2.24) is 9.80 Å². The van der Waals surface area contributed by atoms with Gasteiger partial charge in [0, 0.05) is 18.7 Å². The average Bonchev–Trinajstić information content (AvgIpc) is 2.58. The predicted octanol–water partition coefficient (Wildman–Crippen LogP) is 1.01. The number of carbonyl (C=O) groups is 2. The topological polar surface area (TPSA) is 79.3 Å². The number of methoxy groups -OCH3 is 2. The van der Waals surface area contributed by atoms with Gasteiger partial charge in [-0.1, -0.05) is 0 Å². The zero-order valence-electron chi connectivity index (χ0n) is 15.2. The molecule has 1 N–H and O–H groups in total. The number of piperidine rings is 1. The van der Waals surface area contributed by atoms with E-state index in [1.807, 2.05) is 19.0 Å². The number of amides is 1. The molecule has 1 fully saturated rings. The summed E-state index contributed by atoms with van der Waals surface area (Å²) < 4.78 is 9.91. The molecule has 138 valence electrons. The van der Waals surface area contributed by atoms with Crippen LogP contribution in [0.4, 0.5) is 0 Å². The number of benzene rings is 1. The molecular weight excluding hydrogens is 324 g/mol. The maximum atomic E-state index is 12.9. The largest absolute Gasteiger partial charge is 0.497 e. The Hall–Kier alpha value is -2.12. The van der Waals surface area contributed by atoms with Gasteiger partial charge in [-0.25, -0.2) is 4.79 Å². The first-order valence-corrected chi connectivity index (χ1v) is 8.22. The highest BCUT2D eigenvalue weighted by Gasteiger charge is 2.36. The second kappa shape index (κ2) is 7.84. The van der Waals surface area contributed by atoms with Crippen molar-refractivity contribution in [3.63, 3.8) is 0 Å². The predicted molar refractivity (Wildman–Crippen MR) is 93.0 cm³/mol. The normalized spacial score (nSPS) is 20.5. The first kappa shape index (κ1) is 19.2. The fraction of sp³-hybridized carbons (Fsp3) is 0.556. The van der Waals surface area contributed by atoms with E-state index in [0.29, 0.717) is 30.8 Å². The molecule has 1 aromatic rings. The molecule has 1 saturated heterocycles. The first-order valence-electron chi connectivity index (χ1n) is 8.22. The Bertz CT molecular complexity index is 646. The van der Waals surface area contributed by atoms with Crippen LogP contribution in [0.2, 0.25) is 0 Å². The standard InChI is InChI=1S/C18H26N2O5/c1-19(2)11-18(23)6-5-7-20(12-18)16(21)13-8-14(17(22)25-4)10-15(9-13)24-3/h8-10,23H,5-7,11-12H2,1-4H3/t18-/m1/s1. The lowest BCUT2D eigenvalue weighted by molar-refractivity contribution is -0.0391. The molecule has 0 aromatic heterocycles. The highest BCUT2D eigenvalue weighted by Crippen LogP contribution is 2.25. The van der Waals surface area contributed by atoms with Crippen LogP contribution in [0.3, 0.4) is 0 Å². The summed E-state index contributed by atoms with van der Waals surface area (Å²) in [5.74, 6) is -0.358. The number of carbonyl (C=O) groups excluding carboxylic acids is 2. The van der Waals surface area contributed by atoms with Gasteiger partial charge in [-0.05, 0) is 45.1 Å². The van der Waals surface area contributed by atoms with E-state index in [2.05, 4.69) is 0 Å². The van der Waals surface area contributed by atoms with Crippen molar-refractivity contribution in [2.45, 2.75) is 18.4 Å². The monoisotopic (exact) mass is 350 g/mol. The van der Waals surface area contributed by atoms with Gasteiger partial charge in [0.25, 0.3) is 5.91 Å². The Kier molecular flexibility index (Phi) is 6.02. The van der Waals surface area contributed by atoms with Gasteiger partial charge >= 0.3 is 5.97 Å². The van der Waals surface area contributed by atoms with Crippen molar-refractivity contribution in [2.24, 2.45) is 0 Å². The van der Waals surface area contributed by atoms with E-state index in [0.717, 1.165) is 6.42 Å². The minimum Gasteiger partial charge on any atom is -0.497 e. The molecule has 1 aromatic carbocycles. The highest BCUT2D eigenvalue weighted by atomic mass is 16.5. The second-order valence-electron chi connectivity index (χ2n) is 6.73. The molecule has 0 aliphatic carbocycles. The number of likely N-dealkylation sites (N-methyl/N-ethyl adjacent to an activating group) is 1. The Labute approximate surface area is 148 Å². The molecular formula is C18H26N2O5. The second-order valence-corrected chi connectivity index (χ2v) is 6.73. The number of likely N-dealkylation sites (tertiary alicyclic amines) is 1. The third-order valence-corrected chi connectivity index (χ3v) is 4.26. The summed E-state index contributed by atoms with van der Waals surface area (Å²) in [5.41, 5.74) is -0.332. The van der Waals surface area contributed by atoms with Gasteiger partial charge in [-0.3, -0.25) is 4.79 Å². The van der Waals surface area contributed by atoms with Crippen LogP contribution in [-0.2, 0) is 4.74 Å². The molecule has 1 heterocycles. The van der Waals surface area contributed by atoms with Gasteiger partial charge in [0.1, 0.15) is 5.75 Å². The summed E-state index contributed by atoms with van der Waals surface area (Å²) in [7, 11) is 6.55. The van der Waals surface area contributed by atoms with Crippen molar-refractivity contribution >= 4 is 11.9 Å². The van der Waals surface area contributed by atoms with Crippen molar-refractivity contribution in [2.75, 3.05) is 47.9 Å². The van der Waals surface area contributed by atoms with Crippen LogP contribution >= 0.6 is 0 Å². The van der Waals surface area contributed by atoms with Crippen LogP contribution in [0.1, 0.15) is 33.6 Å². The first-order chi connectivity index (χ1) is 11.8. The number of hydrogen-bond acceptors (Lipinski definition) is 6. The fourth-order valence-corrected chi connectivity index (χ4v) is 3.26. The van der Waals surface area contributed by atoms with Crippen LogP contribution in [-0.4, -0.2) is 80.3 Å². The Morgan fingerprint density at radius 3 is 2.52 bits per heavy atom. The number of β-amino-alcohol motifs (C(OH)–C–C–N with tert-alkyl or cyclic N) is 1. The third kappa shape index (κ3) is 4.70. The van der Waals surface area contributed by atoms with Crippen molar-refractivity contribution < 1.29 is 24.2 Å². The molecule has 25 heavy (non-hydrogen) atoms. The van der Waals surface area contributed by atoms with E-state index in [1.54, 1.807) is 11.0 Å². The molecule has 1 aliphatic rings. The summed E-state index contributed by atoms with van der Waals surface area (Å²) in [4.78, 5) is 28.2. The van der Waals surface area contributed by atoms with Crippen LogP contribution in [0, 0.1) is 0 Å². The van der Waals surface area contributed by atoms with Gasteiger partial charge in [-0.2, -0.15) is 0 Å². The molecule has 0 radical (unpaired) electrons. The van der Waals surface area contributed by atoms with Crippen LogP contribution in [0.5, 0.6) is 5.75 Å². The van der Waals surface area contributed by atoms with Gasteiger partial charge in [0.05, 0.1) is 31.9 Å². The van der Waals surface area contributed by atoms with E-state index >= 15 is 0 Å². The molecule has 1 atom stereocenters. The summed E-state index contributed by atoms with van der Waals surface area (Å²) in [5, 5.41) is 10.8. The summed E-state index contributed by atoms with van der Waals surface area (Å²) in [6.45, 7) is 1.32. The van der Waals surface area contributed by atoms with Crippen LogP contribution in [0.25, 0.3) is 0 Å². The van der Waals surface area contributed by atoms with Gasteiger partial charge in [0.15, 0.2) is 0 Å². The highest BCUT2D eigenvalue weighted by molar-refractivity contribution is 5.98. The molecule has 7 heteroatoms. The number of rotatable bonds is 5. The third-order valence-electron chi connectivity index (χ3n) is 4.26. The summed E-state index contributed by atoms with van der Waals surface area (Å²) >= 11 is 0. The Morgan fingerprint density at radius 1 is 1.24 bits per heavy atom. The maximum absolute atomic E-state index is 12.9. The smallest absolute Gasteiger partial charge is 0.338 e. The lowest BCUT2D eigenvalue weighted by Gasteiger charge is -2.40. The number of hydrogen-bond donors (Lipinski definition) is 1. The zero-order chi connectivity index (χ0) is 18.6. The average molecular weight is 350 g/mol. The molecule has 1 aliphatic heterocycles. The number of nitrogens with zero attached hydrogens (tertiary/aromatic N) is 2. The number of aliphatic hydroxyl groups is 1. The van der Waals surface area contributed by atoms with E-state index < -0.39 is 11.6 Å². The molecule has 1 amide bonds. The van der Waals surface area contributed by atoms with E-state index in [9.17, 15) is 14.7 Å². The summed E-state index contributed by atoms with van der Waals surface area (Å²) in [6, 6.07) is 4.62. The SMILES string of the molecule is COC(=O)c1cc(OC)cc(C(=O)N2CCC[C@@](O)(CN(C)C)C2)c1. The van der Waals surface area contributed by atoms with E-state index in [-0.39, 0.29) is 18.0 Å². The van der Waals surface area contributed by atoms with Crippen molar-refractivity contribution in [3.05, 3.63) is 29.3 Å². The van der Waals surface area contributed by atoms with Crippen molar-refractivity contribution in [1.29, 1.82) is 0 Å². The number of ether oxygens (including phenoxy) is 2. The minimum atomic E-state index is -0.929. The molecule has 2 rings (SSSR count). The molecule has 0 bridgehead atoms. The van der Waals surface area contributed by atoms with Gasteiger partial charge in [0.2, 0.25) is 0 Å². The lowest BCUT2D eigenvalue weighted by atomic mass is 9.92. The Balaban J connectivity index is 2.26. The fourth-order valence-electron chi connectivity index (χ4n) is 3.26. The molecule has 7 nitrogen and oxygen atoms in total. The number of esters is 1. The maximum Gasteiger partial charge on any atom is 0.338 e. The lowest BCUT2D eigenvalue weighted by Crippen LogP contribution is -2.54. The van der Waals surface area contributed by atoms with Crippen molar-refractivity contribution in [3.8, 4) is 5.75 Å². The van der Waals surface area contributed by atoms with E-state index in [4.69, 9.17) is 9.47 Å². The van der Waals surface area contributed by atoms with Crippen LogP contribution < -0.4 is 4.74 Å². The van der Waals surface area contributed by atoms with Gasteiger partial charge in [-0.15, -0.1) is 0 Å². The van der Waals surface area contributed by atoms with Crippen LogP contribution in [0.15, 0.2) is 18.2 Å². The van der Waals surface area contributed by atoms with E-state index in [1.165, 1.54) is 26.4 Å². The zero-order valence-corrected chi connectivity index (χ0v) is 15.2. The quantitative estimate of drug-likeness (QED) is 0.799. The molecule has 0 unspecified atom stereocenters. The molecule has 0 saturated carbocycles. The Morgan fingerprint density at radius 2 is 1.92 bits per heavy atom. The van der Waals surface area contributed by atoms with Gasteiger partial charge < -0.3 is 24.4 Å². The summed E-state index contributed by atoms with van der Waals surface area (Å²) in [6.07, 6.45) is 1.38. The molecule has 0 spiro atoms.